The minimum absolute atomic E-state index is 0.121. The van der Waals surface area contributed by atoms with Gasteiger partial charge < -0.3 is 14.5 Å². The van der Waals surface area contributed by atoms with Gasteiger partial charge in [-0.15, -0.1) is 0 Å². The molecule has 0 aliphatic carbocycles. The van der Waals surface area contributed by atoms with Gasteiger partial charge in [-0.2, -0.15) is 13.2 Å². The number of methoxy groups -OCH3 is 1. The van der Waals surface area contributed by atoms with Crippen LogP contribution in [0.15, 0.2) is 24.3 Å². The van der Waals surface area contributed by atoms with Crippen molar-refractivity contribution >= 4 is 12.0 Å². The van der Waals surface area contributed by atoms with Crippen LogP contribution in [0.1, 0.15) is 24.0 Å². The van der Waals surface area contributed by atoms with Crippen molar-refractivity contribution < 1.29 is 27.5 Å². The fourth-order valence-electron chi connectivity index (χ4n) is 2.79. The number of hydrogen-bond acceptors (Lipinski definition) is 3. The van der Waals surface area contributed by atoms with Gasteiger partial charge in [-0.25, -0.2) is 4.79 Å². The second-order valence-corrected chi connectivity index (χ2v) is 5.89. The average Bonchev–Trinajstić information content (AvgIpc) is 2.84. The van der Waals surface area contributed by atoms with E-state index < -0.39 is 17.8 Å². The van der Waals surface area contributed by atoms with Crippen LogP contribution in [0.4, 0.5) is 18.0 Å². The Labute approximate surface area is 144 Å². The van der Waals surface area contributed by atoms with Crippen LogP contribution >= 0.6 is 0 Å². The molecule has 1 saturated heterocycles. The topological polar surface area (TPSA) is 49.9 Å². The summed E-state index contributed by atoms with van der Waals surface area (Å²) >= 11 is 0. The molecule has 1 aliphatic heterocycles. The van der Waals surface area contributed by atoms with E-state index in [0.29, 0.717) is 38.2 Å². The largest absolute Gasteiger partial charge is 0.453 e. The lowest BCUT2D eigenvalue weighted by Crippen LogP contribution is -2.37. The predicted octanol–water partition coefficient (Wildman–Crippen LogP) is 2.94. The summed E-state index contributed by atoms with van der Waals surface area (Å²) in [4.78, 5) is 27.0. The van der Waals surface area contributed by atoms with Crippen LogP contribution in [0.2, 0.25) is 0 Å². The van der Waals surface area contributed by atoms with Crippen molar-refractivity contribution in [1.82, 2.24) is 9.80 Å². The molecule has 1 heterocycles. The van der Waals surface area contributed by atoms with Crippen molar-refractivity contribution in [3.63, 3.8) is 0 Å². The zero-order valence-electron chi connectivity index (χ0n) is 14.0. The first kappa shape index (κ1) is 19.1. The van der Waals surface area contributed by atoms with Gasteiger partial charge in [0.1, 0.15) is 0 Å². The highest BCUT2D eigenvalue weighted by Gasteiger charge is 2.30. The Morgan fingerprint density at radius 2 is 1.80 bits per heavy atom. The third-order valence-corrected chi connectivity index (χ3v) is 4.16. The SMILES string of the molecule is COC(=O)N1CCCN(C(=O)CCc2cccc(C(F)(F)F)c2)CC1. The number of halogens is 3. The second kappa shape index (κ2) is 8.22. The third-order valence-electron chi connectivity index (χ3n) is 4.16. The Bertz CT molecular complexity index is 619. The molecule has 1 aliphatic rings. The van der Waals surface area contributed by atoms with E-state index in [9.17, 15) is 22.8 Å². The van der Waals surface area contributed by atoms with Crippen LogP contribution in [0, 0.1) is 0 Å². The van der Waals surface area contributed by atoms with E-state index in [1.807, 2.05) is 0 Å². The van der Waals surface area contributed by atoms with Gasteiger partial charge in [0.25, 0.3) is 0 Å². The number of nitrogens with zero attached hydrogens (tertiary/aromatic N) is 2. The lowest BCUT2D eigenvalue weighted by molar-refractivity contribution is -0.137. The van der Waals surface area contributed by atoms with E-state index in [-0.39, 0.29) is 18.7 Å². The molecule has 25 heavy (non-hydrogen) atoms. The number of benzene rings is 1. The Morgan fingerprint density at radius 1 is 1.12 bits per heavy atom. The number of alkyl halides is 3. The van der Waals surface area contributed by atoms with Crippen LogP contribution in [0.25, 0.3) is 0 Å². The van der Waals surface area contributed by atoms with Crippen molar-refractivity contribution in [2.75, 3.05) is 33.3 Å². The van der Waals surface area contributed by atoms with E-state index >= 15 is 0 Å². The third kappa shape index (κ3) is 5.37. The smallest absolute Gasteiger partial charge is 0.416 e. The summed E-state index contributed by atoms with van der Waals surface area (Å²) in [5, 5.41) is 0. The number of amides is 2. The van der Waals surface area contributed by atoms with Crippen LogP contribution in [0.3, 0.4) is 0 Å². The molecular formula is C17H21F3N2O3. The van der Waals surface area contributed by atoms with Crippen LogP contribution in [-0.2, 0) is 22.1 Å². The van der Waals surface area contributed by atoms with E-state index in [0.717, 1.165) is 12.1 Å². The summed E-state index contributed by atoms with van der Waals surface area (Å²) in [6.45, 7) is 1.83. The summed E-state index contributed by atoms with van der Waals surface area (Å²) < 4.78 is 42.8. The molecule has 2 rings (SSSR count). The summed E-state index contributed by atoms with van der Waals surface area (Å²) in [6, 6.07) is 5.03. The number of carbonyl (C=O) groups excluding carboxylic acids is 2. The van der Waals surface area contributed by atoms with Crippen molar-refractivity contribution in [3.05, 3.63) is 35.4 Å². The maximum atomic E-state index is 12.7. The van der Waals surface area contributed by atoms with Crippen molar-refractivity contribution in [3.8, 4) is 0 Å². The lowest BCUT2D eigenvalue weighted by atomic mass is 10.1. The van der Waals surface area contributed by atoms with Crippen molar-refractivity contribution in [1.29, 1.82) is 0 Å². The fourth-order valence-corrected chi connectivity index (χ4v) is 2.79. The number of carbonyl (C=O) groups is 2. The zero-order valence-corrected chi connectivity index (χ0v) is 14.0. The van der Waals surface area contributed by atoms with Gasteiger partial charge in [0.05, 0.1) is 12.7 Å². The molecule has 0 spiro atoms. The molecule has 1 aromatic rings. The maximum Gasteiger partial charge on any atom is 0.416 e. The number of rotatable bonds is 3. The summed E-state index contributed by atoms with van der Waals surface area (Å²) in [7, 11) is 1.31. The molecule has 0 N–H and O–H groups in total. The molecule has 2 amide bonds. The number of aryl methyl sites for hydroxylation is 1. The van der Waals surface area contributed by atoms with E-state index in [1.165, 1.54) is 13.2 Å². The summed E-state index contributed by atoms with van der Waals surface area (Å²) in [5.74, 6) is -0.121. The Morgan fingerprint density at radius 3 is 2.48 bits per heavy atom. The van der Waals surface area contributed by atoms with Gasteiger partial charge in [-0.05, 0) is 24.5 Å². The maximum absolute atomic E-state index is 12.7. The molecule has 0 aromatic heterocycles. The van der Waals surface area contributed by atoms with E-state index in [2.05, 4.69) is 4.74 Å². The Balaban J connectivity index is 1.89. The monoisotopic (exact) mass is 358 g/mol. The minimum Gasteiger partial charge on any atom is -0.453 e. The number of hydrogen-bond donors (Lipinski definition) is 0. The first-order valence-electron chi connectivity index (χ1n) is 8.08. The standard InChI is InChI=1S/C17H21F3N2O3/c1-25-16(24)22-9-3-8-21(10-11-22)15(23)7-6-13-4-2-5-14(12-13)17(18,19)20/h2,4-5,12H,3,6-11H2,1H3. The second-order valence-electron chi connectivity index (χ2n) is 5.89. The normalized spacial score (nSPS) is 15.7. The van der Waals surface area contributed by atoms with Gasteiger partial charge >= 0.3 is 12.3 Å². The minimum atomic E-state index is -4.39. The Kier molecular flexibility index (Phi) is 6.27. The number of ether oxygens (including phenoxy) is 1. The van der Waals surface area contributed by atoms with Gasteiger partial charge in [0.15, 0.2) is 0 Å². The molecule has 0 unspecified atom stereocenters. The molecule has 0 bridgehead atoms. The molecule has 0 radical (unpaired) electrons. The quantitative estimate of drug-likeness (QED) is 0.835. The Hall–Kier alpha value is -2.25. The molecular weight excluding hydrogens is 337 g/mol. The van der Waals surface area contributed by atoms with Gasteiger partial charge in [-0.3, -0.25) is 4.79 Å². The molecule has 0 atom stereocenters. The molecule has 0 saturated carbocycles. The highest BCUT2D eigenvalue weighted by molar-refractivity contribution is 5.76. The highest BCUT2D eigenvalue weighted by atomic mass is 19.4. The van der Waals surface area contributed by atoms with Crippen molar-refractivity contribution in [2.45, 2.75) is 25.4 Å². The lowest BCUT2D eigenvalue weighted by Gasteiger charge is -2.21. The molecule has 1 fully saturated rings. The summed E-state index contributed by atoms with van der Waals surface area (Å²) in [5.41, 5.74) is -0.227. The predicted molar refractivity (Wildman–Crippen MR) is 84.9 cm³/mol. The molecule has 5 nitrogen and oxygen atoms in total. The molecule has 1 aromatic carbocycles. The van der Waals surface area contributed by atoms with Crippen LogP contribution < -0.4 is 0 Å². The van der Waals surface area contributed by atoms with Gasteiger partial charge in [-0.1, -0.05) is 18.2 Å². The van der Waals surface area contributed by atoms with Gasteiger partial charge in [0.2, 0.25) is 5.91 Å². The van der Waals surface area contributed by atoms with E-state index in [4.69, 9.17) is 0 Å². The van der Waals surface area contributed by atoms with Gasteiger partial charge in [0, 0.05) is 32.6 Å². The molecule has 8 heteroatoms. The average molecular weight is 358 g/mol. The van der Waals surface area contributed by atoms with Crippen molar-refractivity contribution in [2.24, 2.45) is 0 Å². The van der Waals surface area contributed by atoms with Crippen LogP contribution in [0.5, 0.6) is 0 Å². The summed E-state index contributed by atoms with van der Waals surface area (Å²) in [6.07, 6.45) is -3.77. The first-order valence-corrected chi connectivity index (χ1v) is 8.08. The van der Waals surface area contributed by atoms with Crippen LogP contribution in [-0.4, -0.2) is 55.1 Å². The fraction of sp³-hybridized carbons (Fsp3) is 0.529. The zero-order chi connectivity index (χ0) is 18.4. The van der Waals surface area contributed by atoms with E-state index in [1.54, 1.807) is 15.9 Å². The molecule has 138 valence electrons. The first-order chi connectivity index (χ1) is 11.8. The highest BCUT2D eigenvalue weighted by Crippen LogP contribution is 2.29.